The van der Waals surface area contributed by atoms with Crippen LogP contribution in [0.2, 0.25) is 0 Å². The fourth-order valence-corrected chi connectivity index (χ4v) is 6.16. The molecule has 7 heteroatoms. The van der Waals surface area contributed by atoms with Crippen LogP contribution in [0.5, 0.6) is 0 Å². The highest BCUT2D eigenvalue weighted by molar-refractivity contribution is 5.83. The minimum atomic E-state index is -1.02. The summed E-state index contributed by atoms with van der Waals surface area (Å²) < 4.78 is 5.90. The maximum Gasteiger partial charge on any atom is 0.326 e. The normalized spacial score (nSPS) is 13.0. The van der Waals surface area contributed by atoms with E-state index in [2.05, 4.69) is 49.5 Å². The van der Waals surface area contributed by atoms with Crippen molar-refractivity contribution in [1.29, 1.82) is 0 Å². The third-order valence-corrected chi connectivity index (χ3v) is 9.41. The van der Waals surface area contributed by atoms with Gasteiger partial charge < -0.3 is 20.9 Å². The molecule has 51 heavy (non-hydrogen) atoms. The molecule has 0 rings (SSSR count). The Hall–Kier alpha value is -2.41. The number of esters is 1. The molecule has 2 atom stereocenters. The van der Waals surface area contributed by atoms with E-state index in [9.17, 15) is 19.5 Å². The van der Waals surface area contributed by atoms with Gasteiger partial charge in [0.05, 0.1) is 0 Å². The van der Waals surface area contributed by atoms with E-state index < -0.39 is 12.0 Å². The van der Waals surface area contributed by atoms with Gasteiger partial charge >= 0.3 is 11.9 Å². The Morgan fingerprint density at radius 1 is 0.588 bits per heavy atom. The monoisotopic (exact) mass is 717 g/mol. The van der Waals surface area contributed by atoms with E-state index >= 15 is 0 Å². The molecule has 4 N–H and O–H groups in total. The average molecular weight is 717 g/mol. The van der Waals surface area contributed by atoms with Crippen LogP contribution < -0.4 is 11.1 Å². The van der Waals surface area contributed by atoms with Crippen LogP contribution in [0.4, 0.5) is 0 Å². The number of ether oxygens (including phenoxy) is 1. The summed E-state index contributed by atoms with van der Waals surface area (Å²) in [6.45, 7) is 4.89. The van der Waals surface area contributed by atoms with Gasteiger partial charge in [-0.2, -0.15) is 0 Å². The molecule has 0 aromatic heterocycles. The predicted molar refractivity (Wildman–Crippen MR) is 216 cm³/mol. The number of carbonyl (C=O) groups excluding carboxylic acids is 2. The van der Waals surface area contributed by atoms with Gasteiger partial charge in [-0.25, -0.2) is 4.79 Å². The molecule has 0 aliphatic rings. The number of nitrogens with one attached hydrogen (secondary N) is 1. The van der Waals surface area contributed by atoms with Gasteiger partial charge in [-0.3, -0.25) is 9.59 Å². The summed E-state index contributed by atoms with van der Waals surface area (Å²) in [5.74, 6) is -1.35. The van der Waals surface area contributed by atoms with Gasteiger partial charge in [-0.05, 0) is 96.1 Å². The van der Waals surface area contributed by atoms with Crippen LogP contribution in [0.25, 0.3) is 0 Å². The smallest absolute Gasteiger partial charge is 0.326 e. The number of amides is 1. The summed E-state index contributed by atoms with van der Waals surface area (Å²) in [6, 6.07) is -0.874. The van der Waals surface area contributed by atoms with Gasteiger partial charge in [-0.15, -0.1) is 0 Å². The van der Waals surface area contributed by atoms with Gasteiger partial charge in [0, 0.05) is 12.8 Å². The van der Waals surface area contributed by atoms with Crippen molar-refractivity contribution in [3.8, 4) is 0 Å². The maximum atomic E-state index is 12.7. The molecular formula is C44H80N2O5. The Morgan fingerprint density at radius 2 is 1.08 bits per heavy atom. The van der Waals surface area contributed by atoms with Gasteiger partial charge in [0.15, 0.2) is 0 Å². The molecule has 0 saturated heterocycles. The molecule has 0 aromatic carbocycles. The molecule has 0 aromatic rings. The number of carbonyl (C=O) groups is 3. The Labute approximate surface area is 314 Å². The molecule has 0 radical (unpaired) electrons. The van der Waals surface area contributed by atoms with Crippen molar-refractivity contribution in [3.05, 3.63) is 36.5 Å². The van der Waals surface area contributed by atoms with Crippen LogP contribution in [-0.4, -0.2) is 41.6 Å². The van der Waals surface area contributed by atoms with Crippen molar-refractivity contribution in [2.75, 3.05) is 6.54 Å². The fourth-order valence-electron chi connectivity index (χ4n) is 6.16. The number of hydrogen-bond acceptors (Lipinski definition) is 5. The Balaban J connectivity index is 4.25. The van der Waals surface area contributed by atoms with E-state index in [1.165, 1.54) is 109 Å². The maximum absolute atomic E-state index is 12.7. The highest BCUT2D eigenvalue weighted by Crippen LogP contribution is 2.15. The number of unbranched alkanes of at least 4 members (excludes halogenated alkanes) is 20. The minimum Gasteiger partial charge on any atom is -0.480 e. The highest BCUT2D eigenvalue weighted by Gasteiger charge is 2.19. The molecule has 0 saturated carbocycles. The van der Waals surface area contributed by atoms with Crippen LogP contribution in [0.15, 0.2) is 36.5 Å². The zero-order chi connectivity index (χ0) is 37.5. The fraction of sp³-hybridized carbons (Fsp3) is 0.795. The summed E-state index contributed by atoms with van der Waals surface area (Å²) in [5, 5.41) is 11.9. The summed E-state index contributed by atoms with van der Waals surface area (Å²) in [5.41, 5.74) is 5.48. The van der Waals surface area contributed by atoms with Crippen molar-refractivity contribution in [2.45, 2.75) is 219 Å². The number of allylic oxidation sites excluding steroid dienone is 5. The lowest BCUT2D eigenvalue weighted by molar-refractivity contribution is -0.147. The first-order chi connectivity index (χ1) is 24.9. The third kappa shape index (κ3) is 35.8. The second-order valence-corrected chi connectivity index (χ2v) is 14.4. The first kappa shape index (κ1) is 48.6. The topological polar surface area (TPSA) is 119 Å². The van der Waals surface area contributed by atoms with Gasteiger partial charge in [0.1, 0.15) is 12.1 Å². The number of aliphatic carboxylic acids is 1. The number of rotatable bonds is 38. The quantitative estimate of drug-likeness (QED) is 0.0332. The Bertz CT molecular complexity index is 900. The van der Waals surface area contributed by atoms with Crippen LogP contribution >= 0.6 is 0 Å². The lowest BCUT2D eigenvalue weighted by atomic mass is 10.1. The van der Waals surface area contributed by atoms with Crippen molar-refractivity contribution >= 4 is 17.8 Å². The van der Waals surface area contributed by atoms with Gasteiger partial charge in [-0.1, -0.05) is 141 Å². The molecule has 1 amide bonds. The lowest BCUT2D eigenvalue weighted by Crippen LogP contribution is -2.40. The largest absolute Gasteiger partial charge is 0.480 e. The molecule has 0 bridgehead atoms. The van der Waals surface area contributed by atoms with Crippen LogP contribution in [0.3, 0.4) is 0 Å². The molecule has 2 unspecified atom stereocenters. The molecule has 296 valence electrons. The molecule has 0 aliphatic carbocycles. The standard InChI is InChI=1S/C44H80N2O5/c1-3-5-7-9-11-13-14-15-16-17-18-19-20-21-22-24-26-32-38-43(48)51-40(34-29-25-23-12-10-8-6-4-2)35-30-27-28-31-37-42(47)46-41(44(49)50)36-33-39-45/h12,16-17,23,29,34,40-41H,3-11,13-15,18-22,24-28,30-33,35-39,45H2,1-2H3,(H,46,47)(H,49,50)/b17-16-,23-12-,34-29-. The highest BCUT2D eigenvalue weighted by atomic mass is 16.5. The number of carboxylic acid groups (broad SMARTS) is 1. The van der Waals surface area contributed by atoms with Crippen LogP contribution in [0, 0.1) is 0 Å². The molecular weight excluding hydrogens is 636 g/mol. The number of hydrogen-bond donors (Lipinski definition) is 3. The summed E-state index contributed by atoms with van der Waals surface area (Å²) >= 11 is 0. The van der Waals surface area contributed by atoms with Crippen molar-refractivity contribution in [1.82, 2.24) is 5.32 Å². The van der Waals surface area contributed by atoms with E-state index in [0.29, 0.717) is 38.6 Å². The minimum absolute atomic E-state index is 0.109. The third-order valence-electron chi connectivity index (χ3n) is 9.41. The van der Waals surface area contributed by atoms with E-state index in [0.717, 1.165) is 51.4 Å². The molecule has 0 heterocycles. The Morgan fingerprint density at radius 3 is 1.67 bits per heavy atom. The Kier molecular flexibility index (Phi) is 37.0. The van der Waals surface area contributed by atoms with Crippen molar-refractivity contribution in [3.63, 3.8) is 0 Å². The van der Waals surface area contributed by atoms with E-state index in [1.54, 1.807) is 0 Å². The molecule has 0 aliphatic heterocycles. The molecule has 0 fully saturated rings. The zero-order valence-corrected chi connectivity index (χ0v) is 33.2. The summed E-state index contributed by atoms with van der Waals surface area (Å²) in [4.78, 5) is 36.3. The second-order valence-electron chi connectivity index (χ2n) is 14.4. The summed E-state index contributed by atoms with van der Waals surface area (Å²) in [7, 11) is 0. The number of nitrogens with two attached hydrogens (primary N) is 1. The second kappa shape index (κ2) is 38.8. The van der Waals surface area contributed by atoms with Gasteiger partial charge in [0.2, 0.25) is 5.91 Å². The van der Waals surface area contributed by atoms with Crippen LogP contribution in [0.1, 0.15) is 206 Å². The van der Waals surface area contributed by atoms with Crippen molar-refractivity contribution < 1.29 is 24.2 Å². The van der Waals surface area contributed by atoms with E-state index in [-0.39, 0.29) is 18.0 Å². The number of carboxylic acids is 1. The summed E-state index contributed by atoms with van der Waals surface area (Å²) in [6.07, 6.45) is 44.9. The first-order valence-corrected chi connectivity index (χ1v) is 21.3. The van der Waals surface area contributed by atoms with Crippen molar-refractivity contribution in [2.24, 2.45) is 5.73 Å². The zero-order valence-electron chi connectivity index (χ0n) is 33.2. The first-order valence-electron chi connectivity index (χ1n) is 21.3. The molecule has 7 nitrogen and oxygen atoms in total. The SMILES string of the molecule is CCCCC/C=C\C/C=C\C(CCCCCCC(=O)NC(CCCN)C(=O)O)OC(=O)CCCCCCCCC/C=C\CCCCCCCCC. The van der Waals surface area contributed by atoms with Gasteiger partial charge in [0.25, 0.3) is 0 Å². The van der Waals surface area contributed by atoms with Crippen LogP contribution in [-0.2, 0) is 19.1 Å². The van der Waals surface area contributed by atoms with E-state index in [1.807, 2.05) is 6.08 Å². The van der Waals surface area contributed by atoms with E-state index in [4.69, 9.17) is 10.5 Å². The average Bonchev–Trinajstić information content (AvgIpc) is 3.11. The molecule has 0 spiro atoms. The predicted octanol–water partition coefficient (Wildman–Crippen LogP) is 11.8. The lowest BCUT2D eigenvalue weighted by Gasteiger charge is -2.15.